The molecule has 3 nitrogen and oxygen atoms in total. The van der Waals surface area contributed by atoms with Crippen molar-refractivity contribution in [1.29, 1.82) is 0 Å². The molecule has 14 heavy (non-hydrogen) atoms. The van der Waals surface area contributed by atoms with Crippen molar-refractivity contribution in [3.05, 3.63) is 41.7 Å². The molecule has 0 saturated carbocycles. The van der Waals surface area contributed by atoms with E-state index in [1.807, 2.05) is 16.7 Å². The van der Waals surface area contributed by atoms with Crippen LogP contribution in [-0.4, -0.2) is 15.5 Å². The van der Waals surface area contributed by atoms with Crippen molar-refractivity contribution in [2.24, 2.45) is 0 Å². The molecule has 3 heteroatoms. The number of aromatic carboxylic acids is 1. The fourth-order valence-electron chi connectivity index (χ4n) is 1.59. The number of fused-ring (bicyclic) bond motifs is 1. The minimum absolute atomic E-state index is 0.339. The quantitative estimate of drug-likeness (QED) is 0.786. The van der Waals surface area contributed by atoms with E-state index >= 15 is 0 Å². The van der Waals surface area contributed by atoms with Crippen LogP contribution in [0.1, 0.15) is 22.8 Å². The summed E-state index contributed by atoms with van der Waals surface area (Å²) >= 11 is 0. The largest absolute Gasteiger partial charge is 0.478 e. The second-order valence-corrected chi connectivity index (χ2v) is 3.21. The maximum atomic E-state index is 10.8. The fourth-order valence-corrected chi connectivity index (χ4v) is 1.59. The number of carbonyl (C=O) groups is 1. The number of carboxylic acids is 1. The molecular weight excluding hydrogens is 178 g/mol. The van der Waals surface area contributed by atoms with Crippen molar-refractivity contribution in [1.82, 2.24) is 4.40 Å². The molecule has 0 fully saturated rings. The molecule has 0 radical (unpaired) electrons. The highest BCUT2D eigenvalue weighted by Crippen LogP contribution is 2.15. The Balaban J connectivity index is 2.67. The highest BCUT2D eigenvalue weighted by Gasteiger charge is 2.05. The lowest BCUT2D eigenvalue weighted by Gasteiger charge is -1.99. The molecule has 72 valence electrons. The van der Waals surface area contributed by atoms with E-state index in [4.69, 9.17) is 5.11 Å². The third-order valence-electron chi connectivity index (χ3n) is 2.38. The second kappa shape index (κ2) is 3.18. The first-order valence-electron chi connectivity index (χ1n) is 4.55. The van der Waals surface area contributed by atoms with E-state index in [-0.39, 0.29) is 0 Å². The van der Waals surface area contributed by atoms with Gasteiger partial charge in [0, 0.05) is 17.9 Å². The summed E-state index contributed by atoms with van der Waals surface area (Å²) in [7, 11) is 0. The van der Waals surface area contributed by atoms with Gasteiger partial charge in [-0.25, -0.2) is 4.79 Å². The van der Waals surface area contributed by atoms with Gasteiger partial charge in [-0.05, 0) is 30.2 Å². The first-order chi connectivity index (χ1) is 6.72. The van der Waals surface area contributed by atoms with Crippen LogP contribution in [-0.2, 0) is 6.42 Å². The molecule has 1 N–H and O–H groups in total. The van der Waals surface area contributed by atoms with Crippen molar-refractivity contribution in [2.45, 2.75) is 13.3 Å². The average Bonchev–Trinajstić information content (AvgIpc) is 2.59. The van der Waals surface area contributed by atoms with E-state index in [1.165, 1.54) is 5.56 Å². The smallest absolute Gasteiger partial charge is 0.335 e. The van der Waals surface area contributed by atoms with Gasteiger partial charge in [0.1, 0.15) is 0 Å². The maximum Gasteiger partial charge on any atom is 0.335 e. The van der Waals surface area contributed by atoms with Crippen LogP contribution in [0.3, 0.4) is 0 Å². The van der Waals surface area contributed by atoms with Crippen LogP contribution in [0.2, 0.25) is 0 Å². The van der Waals surface area contributed by atoms with E-state index < -0.39 is 5.97 Å². The monoisotopic (exact) mass is 189 g/mol. The van der Waals surface area contributed by atoms with Crippen molar-refractivity contribution in [3.63, 3.8) is 0 Å². The predicted molar refractivity (Wildman–Crippen MR) is 53.7 cm³/mol. The molecule has 2 aromatic rings. The van der Waals surface area contributed by atoms with E-state index in [9.17, 15) is 4.79 Å². The summed E-state index contributed by atoms with van der Waals surface area (Å²) in [5, 5.41) is 8.84. The van der Waals surface area contributed by atoms with Gasteiger partial charge in [-0.1, -0.05) is 6.92 Å². The molecule has 0 aliphatic heterocycles. The zero-order valence-corrected chi connectivity index (χ0v) is 7.90. The molecule has 2 heterocycles. The highest BCUT2D eigenvalue weighted by atomic mass is 16.4. The molecule has 0 spiro atoms. The van der Waals surface area contributed by atoms with Crippen LogP contribution >= 0.6 is 0 Å². The van der Waals surface area contributed by atoms with Gasteiger partial charge in [-0.15, -0.1) is 0 Å². The summed E-state index contributed by atoms with van der Waals surface area (Å²) < 4.78 is 1.94. The lowest BCUT2D eigenvalue weighted by atomic mass is 10.2. The molecule has 0 aliphatic rings. The first-order valence-corrected chi connectivity index (χ1v) is 4.55. The van der Waals surface area contributed by atoms with Gasteiger partial charge in [0.15, 0.2) is 0 Å². The van der Waals surface area contributed by atoms with Crippen LogP contribution in [0.25, 0.3) is 5.52 Å². The number of pyridine rings is 1. The van der Waals surface area contributed by atoms with E-state index in [1.54, 1.807) is 18.3 Å². The Hall–Kier alpha value is -1.77. The number of aryl methyl sites for hydroxylation is 1. The van der Waals surface area contributed by atoms with Crippen molar-refractivity contribution < 1.29 is 9.90 Å². The zero-order valence-electron chi connectivity index (χ0n) is 7.90. The Labute approximate surface area is 81.6 Å². The molecule has 2 aromatic heterocycles. The molecule has 0 bridgehead atoms. The third-order valence-corrected chi connectivity index (χ3v) is 2.38. The minimum Gasteiger partial charge on any atom is -0.478 e. The summed E-state index contributed by atoms with van der Waals surface area (Å²) in [5.74, 6) is -0.879. The molecular formula is C11H11NO2. The highest BCUT2D eigenvalue weighted by molar-refractivity contribution is 5.89. The van der Waals surface area contributed by atoms with Crippen LogP contribution in [0.5, 0.6) is 0 Å². The third kappa shape index (κ3) is 1.27. The summed E-state index contributed by atoms with van der Waals surface area (Å²) in [5.41, 5.74) is 2.49. The van der Waals surface area contributed by atoms with Gasteiger partial charge in [0.2, 0.25) is 0 Å². The van der Waals surface area contributed by atoms with Crippen molar-refractivity contribution in [2.75, 3.05) is 0 Å². The summed E-state index contributed by atoms with van der Waals surface area (Å²) in [4.78, 5) is 10.8. The second-order valence-electron chi connectivity index (χ2n) is 3.21. The van der Waals surface area contributed by atoms with Gasteiger partial charge in [-0.3, -0.25) is 0 Å². The lowest BCUT2D eigenvalue weighted by Crippen LogP contribution is -1.97. The lowest BCUT2D eigenvalue weighted by molar-refractivity contribution is 0.0697. The number of hydrogen-bond donors (Lipinski definition) is 1. The summed E-state index contributed by atoms with van der Waals surface area (Å²) in [6, 6.07) is 5.33. The summed E-state index contributed by atoms with van der Waals surface area (Å²) in [6.07, 6.45) is 4.64. The molecule has 0 amide bonds. The summed E-state index contributed by atoms with van der Waals surface area (Å²) in [6.45, 7) is 2.06. The number of hydrogen-bond acceptors (Lipinski definition) is 1. The molecule has 0 aromatic carbocycles. The Morgan fingerprint density at radius 2 is 2.14 bits per heavy atom. The van der Waals surface area contributed by atoms with Crippen molar-refractivity contribution >= 4 is 11.5 Å². The number of nitrogens with zero attached hydrogens (tertiary/aromatic N) is 1. The molecule has 0 saturated heterocycles. The number of aromatic nitrogens is 1. The molecule has 0 aliphatic carbocycles. The van der Waals surface area contributed by atoms with Crippen LogP contribution in [0, 0.1) is 0 Å². The standard InChI is InChI=1S/C11H11NO2/c1-2-8-3-5-12-6-4-9(11(13)14)7-10(8)12/h3-7H,2H2,1H3,(H,13,14). The number of rotatable bonds is 2. The van der Waals surface area contributed by atoms with Crippen LogP contribution < -0.4 is 0 Å². The number of carboxylic acid groups (broad SMARTS) is 1. The average molecular weight is 189 g/mol. The van der Waals surface area contributed by atoms with Crippen LogP contribution in [0.15, 0.2) is 30.6 Å². The first kappa shape index (κ1) is 8.81. The Kier molecular flexibility index (Phi) is 2.00. The SMILES string of the molecule is CCc1ccn2ccc(C(=O)O)cc12. The Bertz CT molecular complexity index is 485. The van der Waals surface area contributed by atoms with Gasteiger partial charge >= 0.3 is 5.97 Å². The molecule has 0 atom stereocenters. The Morgan fingerprint density at radius 3 is 2.79 bits per heavy atom. The normalized spacial score (nSPS) is 10.6. The van der Waals surface area contributed by atoms with E-state index in [2.05, 4.69) is 6.92 Å². The van der Waals surface area contributed by atoms with Gasteiger partial charge < -0.3 is 9.51 Å². The van der Waals surface area contributed by atoms with Gasteiger partial charge in [-0.2, -0.15) is 0 Å². The Morgan fingerprint density at radius 1 is 1.43 bits per heavy atom. The van der Waals surface area contributed by atoms with Gasteiger partial charge in [0.25, 0.3) is 0 Å². The maximum absolute atomic E-state index is 10.8. The minimum atomic E-state index is -0.879. The topological polar surface area (TPSA) is 41.7 Å². The zero-order chi connectivity index (χ0) is 10.1. The fraction of sp³-hybridized carbons (Fsp3) is 0.182. The predicted octanol–water partition coefficient (Wildman–Crippen LogP) is 2.20. The van der Waals surface area contributed by atoms with E-state index in [0.29, 0.717) is 5.56 Å². The van der Waals surface area contributed by atoms with Crippen molar-refractivity contribution in [3.8, 4) is 0 Å². The van der Waals surface area contributed by atoms with E-state index in [0.717, 1.165) is 11.9 Å². The van der Waals surface area contributed by atoms with Crippen LogP contribution in [0.4, 0.5) is 0 Å². The molecule has 2 rings (SSSR count). The molecule has 0 unspecified atom stereocenters. The van der Waals surface area contributed by atoms with Gasteiger partial charge in [0.05, 0.1) is 5.56 Å².